The zero-order chi connectivity index (χ0) is 12.3. The molecule has 1 aromatic heterocycles. The molecule has 88 valence electrons. The van der Waals surface area contributed by atoms with Crippen molar-refractivity contribution in [2.45, 2.75) is 6.92 Å². The minimum Gasteiger partial charge on any atom is -0.326 e. The zero-order valence-electron chi connectivity index (χ0n) is 9.77. The molecule has 0 saturated heterocycles. The normalized spacial score (nSPS) is 10.0. The molecule has 0 unspecified atom stereocenters. The van der Waals surface area contributed by atoms with E-state index in [0.717, 1.165) is 17.3 Å². The van der Waals surface area contributed by atoms with Gasteiger partial charge < -0.3 is 15.2 Å². The van der Waals surface area contributed by atoms with Gasteiger partial charge in [0.2, 0.25) is 11.9 Å². The van der Waals surface area contributed by atoms with Gasteiger partial charge in [0.25, 0.3) is 0 Å². The smallest absolute Gasteiger partial charge is 0.221 e. The van der Waals surface area contributed by atoms with Crippen molar-refractivity contribution >= 4 is 23.2 Å². The predicted molar refractivity (Wildman–Crippen MR) is 67.2 cm³/mol. The molecule has 5 nitrogen and oxygen atoms in total. The minimum atomic E-state index is -0.0742. The lowest BCUT2D eigenvalue weighted by Gasteiger charge is -2.07. The average Bonchev–Trinajstić information content (AvgIpc) is 2.67. The van der Waals surface area contributed by atoms with Crippen molar-refractivity contribution in [3.8, 4) is 0 Å². The molecular formula is C12H14N4O. The summed E-state index contributed by atoms with van der Waals surface area (Å²) in [6.45, 7) is 1.49. The molecule has 2 rings (SSSR count). The molecule has 1 aromatic carbocycles. The Bertz CT molecular complexity index is 516. The van der Waals surface area contributed by atoms with Crippen molar-refractivity contribution in [1.82, 2.24) is 9.55 Å². The van der Waals surface area contributed by atoms with E-state index in [1.54, 1.807) is 6.20 Å². The summed E-state index contributed by atoms with van der Waals surface area (Å²) in [5, 5.41) is 5.89. The fraction of sp³-hybridized carbons (Fsp3) is 0.167. The van der Waals surface area contributed by atoms with Crippen LogP contribution in [-0.4, -0.2) is 15.5 Å². The summed E-state index contributed by atoms with van der Waals surface area (Å²) in [7, 11) is 1.92. The highest BCUT2D eigenvalue weighted by Gasteiger charge is 2.00. The van der Waals surface area contributed by atoms with Gasteiger partial charge in [-0.3, -0.25) is 4.79 Å². The quantitative estimate of drug-likeness (QED) is 0.849. The van der Waals surface area contributed by atoms with Gasteiger partial charge in [0.1, 0.15) is 0 Å². The summed E-state index contributed by atoms with van der Waals surface area (Å²) in [4.78, 5) is 15.0. The Balaban J connectivity index is 2.08. The number of rotatable bonds is 3. The fourth-order valence-electron chi connectivity index (χ4n) is 1.46. The molecule has 17 heavy (non-hydrogen) atoms. The summed E-state index contributed by atoms with van der Waals surface area (Å²) in [5.41, 5.74) is 1.70. The van der Waals surface area contributed by atoms with E-state index >= 15 is 0 Å². The van der Waals surface area contributed by atoms with E-state index in [-0.39, 0.29) is 5.91 Å². The Kier molecular flexibility index (Phi) is 3.09. The summed E-state index contributed by atoms with van der Waals surface area (Å²) in [5.74, 6) is 0.701. The van der Waals surface area contributed by atoms with E-state index in [0.29, 0.717) is 0 Å². The highest BCUT2D eigenvalue weighted by molar-refractivity contribution is 5.88. The summed E-state index contributed by atoms with van der Waals surface area (Å²) in [6, 6.07) is 7.46. The lowest BCUT2D eigenvalue weighted by molar-refractivity contribution is -0.114. The third-order valence-electron chi connectivity index (χ3n) is 2.28. The van der Waals surface area contributed by atoms with E-state index in [4.69, 9.17) is 0 Å². The van der Waals surface area contributed by atoms with Crippen LogP contribution in [0.15, 0.2) is 36.7 Å². The first-order valence-electron chi connectivity index (χ1n) is 5.27. The number of imidazole rings is 1. The van der Waals surface area contributed by atoms with Crippen LogP contribution in [0.4, 0.5) is 17.3 Å². The Morgan fingerprint density at radius 2 is 1.88 bits per heavy atom. The second kappa shape index (κ2) is 4.69. The standard InChI is InChI=1S/C12H14N4O/c1-9(17)14-10-3-5-11(6-4-10)15-12-13-7-8-16(12)2/h3-8H,1-2H3,(H,13,15)(H,14,17). The molecule has 0 saturated carbocycles. The number of hydrogen-bond acceptors (Lipinski definition) is 3. The van der Waals surface area contributed by atoms with Crippen LogP contribution in [-0.2, 0) is 11.8 Å². The molecule has 0 aliphatic rings. The third-order valence-corrected chi connectivity index (χ3v) is 2.28. The van der Waals surface area contributed by atoms with Crippen LogP contribution < -0.4 is 10.6 Å². The number of nitrogens with zero attached hydrogens (tertiary/aromatic N) is 2. The topological polar surface area (TPSA) is 59.0 Å². The van der Waals surface area contributed by atoms with Crippen LogP contribution in [0.2, 0.25) is 0 Å². The van der Waals surface area contributed by atoms with Crippen molar-refractivity contribution in [2.24, 2.45) is 7.05 Å². The van der Waals surface area contributed by atoms with Crippen LogP contribution >= 0.6 is 0 Å². The molecule has 2 aromatic rings. The maximum atomic E-state index is 10.9. The van der Waals surface area contributed by atoms with Crippen LogP contribution in [0.1, 0.15) is 6.92 Å². The van der Waals surface area contributed by atoms with E-state index in [1.165, 1.54) is 6.92 Å². The van der Waals surface area contributed by atoms with Crippen LogP contribution in [0, 0.1) is 0 Å². The molecular weight excluding hydrogens is 216 g/mol. The lowest BCUT2D eigenvalue weighted by Crippen LogP contribution is -2.05. The van der Waals surface area contributed by atoms with E-state index in [9.17, 15) is 4.79 Å². The zero-order valence-corrected chi connectivity index (χ0v) is 9.77. The molecule has 5 heteroatoms. The van der Waals surface area contributed by atoms with Crippen LogP contribution in [0.5, 0.6) is 0 Å². The minimum absolute atomic E-state index is 0.0742. The number of carbonyl (C=O) groups excluding carboxylic acids is 1. The highest BCUT2D eigenvalue weighted by Crippen LogP contribution is 2.17. The van der Waals surface area contributed by atoms with Gasteiger partial charge in [0, 0.05) is 37.7 Å². The maximum absolute atomic E-state index is 10.9. The number of hydrogen-bond donors (Lipinski definition) is 2. The SMILES string of the molecule is CC(=O)Nc1ccc(Nc2nccn2C)cc1. The van der Waals surface area contributed by atoms with Crippen LogP contribution in [0.25, 0.3) is 0 Å². The largest absolute Gasteiger partial charge is 0.326 e. The highest BCUT2D eigenvalue weighted by atomic mass is 16.1. The van der Waals surface area contributed by atoms with E-state index in [2.05, 4.69) is 15.6 Å². The lowest BCUT2D eigenvalue weighted by atomic mass is 10.3. The van der Waals surface area contributed by atoms with Crippen LogP contribution in [0.3, 0.4) is 0 Å². The van der Waals surface area contributed by atoms with Gasteiger partial charge in [-0.25, -0.2) is 4.98 Å². The fourth-order valence-corrected chi connectivity index (χ4v) is 1.46. The van der Waals surface area contributed by atoms with Gasteiger partial charge in [0.05, 0.1) is 0 Å². The van der Waals surface area contributed by atoms with Gasteiger partial charge >= 0.3 is 0 Å². The van der Waals surface area contributed by atoms with Crippen molar-refractivity contribution in [3.05, 3.63) is 36.7 Å². The van der Waals surface area contributed by atoms with Gasteiger partial charge in [-0.2, -0.15) is 0 Å². The number of nitrogens with one attached hydrogen (secondary N) is 2. The number of benzene rings is 1. The van der Waals surface area contributed by atoms with Gasteiger partial charge in [-0.05, 0) is 24.3 Å². The second-order valence-corrected chi connectivity index (χ2v) is 3.75. The first kappa shape index (κ1) is 11.2. The molecule has 2 N–H and O–H groups in total. The second-order valence-electron chi connectivity index (χ2n) is 3.75. The Labute approximate surface area is 99.5 Å². The maximum Gasteiger partial charge on any atom is 0.221 e. The number of amides is 1. The number of aromatic nitrogens is 2. The summed E-state index contributed by atoms with van der Waals surface area (Å²) in [6.07, 6.45) is 3.60. The first-order valence-corrected chi connectivity index (χ1v) is 5.27. The molecule has 1 heterocycles. The first-order chi connectivity index (χ1) is 8.15. The molecule has 0 fully saturated rings. The van der Waals surface area contributed by atoms with Crippen molar-refractivity contribution in [1.29, 1.82) is 0 Å². The van der Waals surface area contributed by atoms with Crippen molar-refractivity contribution in [2.75, 3.05) is 10.6 Å². The number of aryl methyl sites for hydroxylation is 1. The van der Waals surface area contributed by atoms with Crippen molar-refractivity contribution in [3.63, 3.8) is 0 Å². The molecule has 1 amide bonds. The monoisotopic (exact) mass is 230 g/mol. The Hall–Kier alpha value is -2.30. The molecule has 0 spiro atoms. The molecule has 0 radical (unpaired) electrons. The molecule has 0 aliphatic heterocycles. The third kappa shape index (κ3) is 2.84. The number of carbonyl (C=O) groups is 1. The average molecular weight is 230 g/mol. The molecule has 0 bridgehead atoms. The Morgan fingerprint density at radius 1 is 1.24 bits per heavy atom. The number of anilines is 3. The van der Waals surface area contributed by atoms with Gasteiger partial charge in [0.15, 0.2) is 0 Å². The van der Waals surface area contributed by atoms with E-state index < -0.39 is 0 Å². The summed E-state index contributed by atoms with van der Waals surface area (Å²) >= 11 is 0. The van der Waals surface area contributed by atoms with Gasteiger partial charge in [-0.15, -0.1) is 0 Å². The van der Waals surface area contributed by atoms with Gasteiger partial charge in [-0.1, -0.05) is 0 Å². The Morgan fingerprint density at radius 3 is 2.41 bits per heavy atom. The summed E-state index contributed by atoms with van der Waals surface area (Å²) < 4.78 is 1.89. The molecule has 0 atom stereocenters. The predicted octanol–water partition coefficient (Wildman–Crippen LogP) is 2.12. The molecule has 0 aliphatic carbocycles. The van der Waals surface area contributed by atoms with E-state index in [1.807, 2.05) is 42.1 Å². The van der Waals surface area contributed by atoms with Crippen molar-refractivity contribution < 1.29 is 4.79 Å².